The summed E-state index contributed by atoms with van der Waals surface area (Å²) in [7, 11) is 0. The molecule has 0 aliphatic rings. The monoisotopic (exact) mass is 403 g/mol. The van der Waals surface area contributed by atoms with Crippen molar-refractivity contribution in [2.24, 2.45) is 0 Å². The zero-order valence-electron chi connectivity index (χ0n) is 15.7. The van der Waals surface area contributed by atoms with Crippen molar-refractivity contribution in [1.82, 2.24) is 9.55 Å². The van der Waals surface area contributed by atoms with Gasteiger partial charge in [-0.15, -0.1) is 0 Å². The van der Waals surface area contributed by atoms with Crippen molar-refractivity contribution in [1.29, 1.82) is 0 Å². The number of hydrogen-bond acceptors (Lipinski definition) is 3. The maximum atomic E-state index is 13.0. The molecule has 0 atom stereocenters. The molecule has 0 fully saturated rings. The van der Waals surface area contributed by atoms with Crippen LogP contribution in [0, 0.1) is 6.92 Å². The first-order valence-electron chi connectivity index (χ1n) is 9.15. The normalized spacial score (nSPS) is 10.8. The van der Waals surface area contributed by atoms with E-state index >= 15 is 0 Å². The molecule has 0 aliphatic carbocycles. The van der Waals surface area contributed by atoms with Gasteiger partial charge in [-0.25, -0.2) is 4.98 Å². The number of carbonyl (C=O) groups excluding carboxylic acids is 1. The molecular formula is C23H18ClN3O2. The van der Waals surface area contributed by atoms with Crippen LogP contribution in [0.2, 0.25) is 5.02 Å². The highest BCUT2D eigenvalue weighted by molar-refractivity contribution is 6.33. The SMILES string of the molecule is Cc1nc2ccccc2c(=O)n1-c1ccc(Cl)c(NC(=O)Cc2ccccc2)c1. The van der Waals surface area contributed by atoms with E-state index in [-0.39, 0.29) is 17.9 Å². The largest absolute Gasteiger partial charge is 0.324 e. The summed E-state index contributed by atoms with van der Waals surface area (Å²) in [6.07, 6.45) is 0.234. The Hall–Kier alpha value is -3.44. The molecule has 6 heteroatoms. The van der Waals surface area contributed by atoms with Gasteiger partial charge < -0.3 is 5.32 Å². The van der Waals surface area contributed by atoms with Gasteiger partial charge in [0.1, 0.15) is 5.82 Å². The Bertz CT molecular complexity index is 1270. The number of halogens is 1. The third-order valence-corrected chi connectivity index (χ3v) is 4.96. The average molecular weight is 404 g/mol. The number of amides is 1. The number of aromatic nitrogens is 2. The van der Waals surface area contributed by atoms with Gasteiger partial charge in [0.05, 0.1) is 33.7 Å². The Kier molecular flexibility index (Phi) is 5.14. The Morgan fingerprint density at radius 2 is 1.76 bits per heavy atom. The summed E-state index contributed by atoms with van der Waals surface area (Å²) in [5.41, 5.74) is 2.42. The van der Waals surface area contributed by atoms with Crippen molar-refractivity contribution in [2.45, 2.75) is 13.3 Å². The van der Waals surface area contributed by atoms with Gasteiger partial charge in [0.2, 0.25) is 5.91 Å². The number of hydrogen-bond donors (Lipinski definition) is 1. The summed E-state index contributed by atoms with van der Waals surface area (Å²) in [6.45, 7) is 1.77. The van der Waals surface area contributed by atoms with E-state index < -0.39 is 0 Å². The standard InChI is InChI=1S/C23H18ClN3O2/c1-15-25-20-10-6-5-9-18(20)23(29)27(15)17-11-12-19(24)21(14-17)26-22(28)13-16-7-3-2-4-8-16/h2-12,14H,13H2,1H3,(H,26,28). The van der Waals surface area contributed by atoms with Crippen molar-refractivity contribution in [3.05, 3.63) is 99.6 Å². The maximum Gasteiger partial charge on any atom is 0.265 e. The molecular weight excluding hydrogens is 386 g/mol. The van der Waals surface area contributed by atoms with Gasteiger partial charge in [-0.05, 0) is 42.8 Å². The van der Waals surface area contributed by atoms with Crippen LogP contribution in [0.1, 0.15) is 11.4 Å². The second-order valence-corrected chi connectivity index (χ2v) is 7.10. The van der Waals surface area contributed by atoms with E-state index in [1.165, 1.54) is 4.57 Å². The first-order chi connectivity index (χ1) is 14.0. The molecule has 3 aromatic carbocycles. The second-order valence-electron chi connectivity index (χ2n) is 6.69. The number of nitrogens with one attached hydrogen (secondary N) is 1. The third-order valence-electron chi connectivity index (χ3n) is 4.63. The predicted octanol–water partition coefficient (Wildman–Crippen LogP) is 4.53. The van der Waals surface area contributed by atoms with E-state index in [0.29, 0.717) is 33.1 Å². The van der Waals surface area contributed by atoms with E-state index in [4.69, 9.17) is 11.6 Å². The van der Waals surface area contributed by atoms with E-state index in [2.05, 4.69) is 10.3 Å². The first-order valence-corrected chi connectivity index (χ1v) is 9.53. The number of rotatable bonds is 4. The lowest BCUT2D eigenvalue weighted by atomic mass is 10.1. The number of aryl methyl sites for hydroxylation is 1. The van der Waals surface area contributed by atoms with Gasteiger partial charge in [0.25, 0.3) is 5.56 Å². The van der Waals surface area contributed by atoms with Crippen LogP contribution in [0.15, 0.2) is 77.6 Å². The third kappa shape index (κ3) is 3.91. The molecule has 0 radical (unpaired) electrons. The molecule has 0 saturated carbocycles. The molecule has 0 saturated heterocycles. The fourth-order valence-corrected chi connectivity index (χ4v) is 3.44. The first kappa shape index (κ1) is 18.9. The minimum atomic E-state index is -0.184. The average Bonchev–Trinajstić information content (AvgIpc) is 2.71. The lowest BCUT2D eigenvalue weighted by Crippen LogP contribution is -2.22. The van der Waals surface area contributed by atoms with Crippen LogP contribution in [0.5, 0.6) is 0 Å². The lowest BCUT2D eigenvalue weighted by Gasteiger charge is -2.14. The van der Waals surface area contributed by atoms with Crippen LogP contribution < -0.4 is 10.9 Å². The van der Waals surface area contributed by atoms with Gasteiger partial charge in [0.15, 0.2) is 0 Å². The summed E-state index contributed by atoms with van der Waals surface area (Å²) in [6, 6.07) is 21.8. The maximum absolute atomic E-state index is 13.0. The van der Waals surface area contributed by atoms with Crippen molar-refractivity contribution >= 4 is 34.1 Å². The van der Waals surface area contributed by atoms with Gasteiger partial charge in [-0.2, -0.15) is 0 Å². The molecule has 144 valence electrons. The topological polar surface area (TPSA) is 64.0 Å². The minimum absolute atomic E-state index is 0.169. The quantitative estimate of drug-likeness (QED) is 0.544. The van der Waals surface area contributed by atoms with Crippen molar-refractivity contribution in [3.8, 4) is 5.69 Å². The lowest BCUT2D eigenvalue weighted by molar-refractivity contribution is -0.115. The zero-order valence-corrected chi connectivity index (χ0v) is 16.5. The van der Waals surface area contributed by atoms with Gasteiger partial charge in [0, 0.05) is 0 Å². The number of nitrogens with zero attached hydrogens (tertiary/aromatic N) is 2. The molecule has 0 bridgehead atoms. The van der Waals surface area contributed by atoms with E-state index in [9.17, 15) is 9.59 Å². The molecule has 1 amide bonds. The van der Waals surface area contributed by atoms with Crippen LogP contribution in [0.25, 0.3) is 16.6 Å². The van der Waals surface area contributed by atoms with Crippen LogP contribution >= 0.6 is 11.6 Å². The second kappa shape index (κ2) is 7.89. The molecule has 4 rings (SSSR count). The van der Waals surface area contributed by atoms with Gasteiger partial charge in [-0.1, -0.05) is 54.1 Å². The minimum Gasteiger partial charge on any atom is -0.324 e. The van der Waals surface area contributed by atoms with Crippen LogP contribution in [0.4, 0.5) is 5.69 Å². The molecule has 4 aromatic rings. The highest BCUT2D eigenvalue weighted by Gasteiger charge is 2.13. The molecule has 0 unspecified atom stereocenters. The van der Waals surface area contributed by atoms with Crippen LogP contribution in [-0.2, 0) is 11.2 Å². The van der Waals surface area contributed by atoms with Crippen molar-refractivity contribution in [2.75, 3.05) is 5.32 Å². The molecule has 0 spiro atoms. The fourth-order valence-electron chi connectivity index (χ4n) is 3.27. The number of anilines is 1. The van der Waals surface area contributed by atoms with Gasteiger partial charge >= 0.3 is 0 Å². The van der Waals surface area contributed by atoms with Crippen LogP contribution in [0.3, 0.4) is 0 Å². The number of fused-ring (bicyclic) bond motifs is 1. The zero-order chi connectivity index (χ0) is 20.4. The fraction of sp³-hybridized carbons (Fsp3) is 0.0870. The van der Waals surface area contributed by atoms with Crippen LogP contribution in [-0.4, -0.2) is 15.5 Å². The number of benzene rings is 3. The molecule has 5 nitrogen and oxygen atoms in total. The highest BCUT2D eigenvalue weighted by atomic mass is 35.5. The predicted molar refractivity (Wildman–Crippen MR) is 116 cm³/mol. The Balaban J connectivity index is 1.70. The number of carbonyl (C=O) groups is 1. The molecule has 1 heterocycles. The highest BCUT2D eigenvalue weighted by Crippen LogP contribution is 2.25. The Morgan fingerprint density at radius 3 is 2.55 bits per heavy atom. The summed E-state index contributed by atoms with van der Waals surface area (Å²) < 4.78 is 1.52. The summed E-state index contributed by atoms with van der Waals surface area (Å²) in [5.74, 6) is 0.369. The molecule has 1 aromatic heterocycles. The van der Waals surface area contributed by atoms with E-state index in [1.54, 1.807) is 31.2 Å². The molecule has 29 heavy (non-hydrogen) atoms. The van der Waals surface area contributed by atoms with Crippen molar-refractivity contribution in [3.63, 3.8) is 0 Å². The summed E-state index contributed by atoms with van der Waals surface area (Å²) in [5, 5.41) is 3.77. The van der Waals surface area contributed by atoms with Crippen molar-refractivity contribution < 1.29 is 4.79 Å². The Morgan fingerprint density at radius 1 is 1.03 bits per heavy atom. The molecule has 1 N–H and O–H groups in total. The van der Waals surface area contributed by atoms with Gasteiger partial charge in [-0.3, -0.25) is 14.2 Å². The summed E-state index contributed by atoms with van der Waals surface area (Å²) in [4.78, 5) is 30.0. The smallest absolute Gasteiger partial charge is 0.265 e. The molecule has 0 aliphatic heterocycles. The van der Waals surface area contributed by atoms with E-state index in [1.807, 2.05) is 48.5 Å². The number of para-hydroxylation sites is 1. The van der Waals surface area contributed by atoms with E-state index in [0.717, 1.165) is 5.56 Å². The summed E-state index contributed by atoms with van der Waals surface area (Å²) >= 11 is 6.29. The Labute approximate surface area is 172 Å².